The van der Waals surface area contributed by atoms with Gasteiger partial charge in [0.2, 0.25) is 5.91 Å². The monoisotopic (exact) mass is 377 g/mol. The first-order valence-electron chi connectivity index (χ1n) is 9.44. The van der Waals surface area contributed by atoms with Crippen molar-refractivity contribution in [1.82, 2.24) is 20.2 Å². The lowest BCUT2D eigenvalue weighted by Crippen LogP contribution is -2.28. The van der Waals surface area contributed by atoms with Crippen LogP contribution in [0.25, 0.3) is 5.57 Å². The van der Waals surface area contributed by atoms with Crippen molar-refractivity contribution in [3.8, 4) is 0 Å². The molecule has 0 saturated carbocycles. The minimum atomic E-state index is -0.177. The van der Waals surface area contributed by atoms with Gasteiger partial charge in [-0.3, -0.25) is 24.5 Å². The van der Waals surface area contributed by atoms with Gasteiger partial charge in [-0.05, 0) is 42.2 Å². The number of anilines is 1. The van der Waals surface area contributed by atoms with Crippen LogP contribution in [-0.2, 0) is 11.3 Å². The summed E-state index contributed by atoms with van der Waals surface area (Å²) in [5, 5.41) is 5.48. The molecular weight excluding hydrogens is 354 g/mol. The van der Waals surface area contributed by atoms with E-state index >= 15 is 0 Å². The highest BCUT2D eigenvalue weighted by Gasteiger charge is 2.28. The van der Waals surface area contributed by atoms with E-state index in [2.05, 4.69) is 31.6 Å². The number of hydrogen-bond acceptors (Lipinski definition) is 5. The lowest BCUT2D eigenvalue weighted by molar-refractivity contribution is -0.116. The van der Waals surface area contributed by atoms with Crippen molar-refractivity contribution in [2.75, 3.05) is 25.5 Å². The summed E-state index contributed by atoms with van der Waals surface area (Å²) >= 11 is 0. The molecule has 0 spiro atoms. The predicted octanol–water partition coefficient (Wildman–Crippen LogP) is 2.18. The van der Waals surface area contributed by atoms with Crippen LogP contribution in [0, 0.1) is 0 Å². The van der Waals surface area contributed by atoms with E-state index in [1.54, 1.807) is 19.3 Å². The molecule has 0 unspecified atom stereocenters. The first-order chi connectivity index (χ1) is 13.5. The minimum absolute atomic E-state index is 0.0150. The predicted molar refractivity (Wildman–Crippen MR) is 107 cm³/mol. The van der Waals surface area contributed by atoms with Crippen molar-refractivity contribution < 1.29 is 9.59 Å². The maximum Gasteiger partial charge on any atom is 0.269 e. The van der Waals surface area contributed by atoms with E-state index in [0.717, 1.165) is 48.6 Å². The molecule has 0 aliphatic carbocycles. The van der Waals surface area contributed by atoms with Crippen LogP contribution in [0.4, 0.5) is 5.69 Å². The van der Waals surface area contributed by atoms with Crippen LogP contribution in [0.3, 0.4) is 0 Å². The molecule has 4 heterocycles. The molecule has 2 aromatic heterocycles. The Kier molecular flexibility index (Phi) is 4.92. The number of fused-ring (bicyclic) bond motifs is 1. The summed E-state index contributed by atoms with van der Waals surface area (Å²) < 4.78 is 0. The molecule has 28 heavy (non-hydrogen) atoms. The van der Waals surface area contributed by atoms with Crippen LogP contribution in [0.1, 0.15) is 46.6 Å². The van der Waals surface area contributed by atoms with Crippen molar-refractivity contribution in [3.05, 3.63) is 59.2 Å². The second-order valence-electron chi connectivity index (χ2n) is 7.21. The van der Waals surface area contributed by atoms with Gasteiger partial charge in [0.1, 0.15) is 5.69 Å². The number of pyridine rings is 2. The number of carbonyl (C=O) groups excluding carboxylic acids is 2. The van der Waals surface area contributed by atoms with E-state index in [9.17, 15) is 9.59 Å². The molecule has 2 aliphatic rings. The van der Waals surface area contributed by atoms with Crippen molar-refractivity contribution in [2.45, 2.75) is 25.8 Å². The molecule has 0 fully saturated rings. The van der Waals surface area contributed by atoms with Gasteiger partial charge in [-0.1, -0.05) is 12.1 Å². The number of rotatable bonds is 4. The number of nitrogens with one attached hydrogen (secondary N) is 2. The molecule has 2 aliphatic heterocycles. The van der Waals surface area contributed by atoms with Crippen LogP contribution in [-0.4, -0.2) is 46.8 Å². The van der Waals surface area contributed by atoms with Crippen LogP contribution in [0.5, 0.6) is 0 Å². The molecule has 0 saturated heterocycles. The fraction of sp³-hybridized carbons (Fsp3) is 0.333. The Morgan fingerprint density at radius 3 is 2.86 bits per heavy atom. The van der Waals surface area contributed by atoms with Crippen LogP contribution < -0.4 is 10.6 Å². The Labute approximate surface area is 163 Å². The third-order valence-electron chi connectivity index (χ3n) is 5.33. The number of aromatic nitrogens is 2. The molecule has 0 radical (unpaired) electrons. The van der Waals surface area contributed by atoms with E-state index in [-0.39, 0.29) is 17.7 Å². The topological polar surface area (TPSA) is 87.2 Å². The Hall–Kier alpha value is -3.06. The molecule has 7 nitrogen and oxygen atoms in total. The third-order valence-corrected chi connectivity index (χ3v) is 5.33. The molecular formula is C21H23N5O2. The minimum Gasteiger partial charge on any atom is -0.354 e. The molecule has 144 valence electrons. The van der Waals surface area contributed by atoms with Crippen LogP contribution >= 0.6 is 0 Å². The van der Waals surface area contributed by atoms with Gasteiger partial charge in [0.25, 0.3) is 5.91 Å². The maximum atomic E-state index is 11.8. The zero-order chi connectivity index (χ0) is 19.7. The number of hydrogen-bond donors (Lipinski definition) is 2. The summed E-state index contributed by atoms with van der Waals surface area (Å²) in [7, 11) is 1.60. The Morgan fingerprint density at radius 2 is 2.18 bits per heavy atom. The summed E-state index contributed by atoms with van der Waals surface area (Å²) in [4.78, 5) is 34.5. The van der Waals surface area contributed by atoms with E-state index in [0.29, 0.717) is 5.69 Å². The van der Waals surface area contributed by atoms with Crippen LogP contribution in [0.2, 0.25) is 0 Å². The molecule has 2 aromatic rings. The highest BCUT2D eigenvalue weighted by atomic mass is 16.2. The Morgan fingerprint density at radius 1 is 1.32 bits per heavy atom. The van der Waals surface area contributed by atoms with E-state index in [1.165, 1.54) is 5.57 Å². The van der Waals surface area contributed by atoms with Gasteiger partial charge >= 0.3 is 0 Å². The number of amides is 2. The van der Waals surface area contributed by atoms with Crippen molar-refractivity contribution in [1.29, 1.82) is 0 Å². The summed E-state index contributed by atoms with van der Waals surface area (Å²) in [5.74, 6) is -0.335. The van der Waals surface area contributed by atoms with Gasteiger partial charge in [0.15, 0.2) is 0 Å². The standard InChI is InChI=1S/C21H23N5O2/c1-13-19-18(25-20(13)27)9-14(10-24-19)12-26-7-5-15(6-8-26)16-3-4-17(23-11-16)21(28)22-2/h3-5,9-11,13H,6-8,12H2,1-2H3,(H,22,28)(H,25,27)/t13-/m0/s1. The lowest BCUT2D eigenvalue weighted by atomic mass is 10.0. The quantitative estimate of drug-likeness (QED) is 0.853. The molecule has 4 rings (SSSR count). The smallest absolute Gasteiger partial charge is 0.269 e. The van der Waals surface area contributed by atoms with Gasteiger partial charge in [-0.2, -0.15) is 0 Å². The third kappa shape index (κ3) is 3.53. The molecule has 0 aromatic carbocycles. The van der Waals surface area contributed by atoms with Gasteiger partial charge in [-0.15, -0.1) is 0 Å². The zero-order valence-electron chi connectivity index (χ0n) is 16.0. The number of carbonyl (C=O) groups is 2. The van der Waals surface area contributed by atoms with E-state index in [1.807, 2.05) is 25.3 Å². The summed E-state index contributed by atoms with van der Waals surface area (Å²) in [6.07, 6.45) is 6.77. The second kappa shape index (κ2) is 7.52. The van der Waals surface area contributed by atoms with Crippen molar-refractivity contribution in [3.63, 3.8) is 0 Å². The summed E-state index contributed by atoms with van der Waals surface area (Å²) in [5.41, 5.74) is 5.51. The molecule has 7 heteroatoms. The Bertz CT molecular complexity index is 952. The SMILES string of the molecule is CNC(=O)c1ccc(C2=CCN(Cc3cnc4c(c3)NC(=O)[C@H]4C)CC2)cn1. The van der Waals surface area contributed by atoms with Crippen molar-refractivity contribution >= 4 is 23.1 Å². The fourth-order valence-corrected chi connectivity index (χ4v) is 3.64. The lowest BCUT2D eigenvalue weighted by Gasteiger charge is -2.26. The summed E-state index contributed by atoms with van der Waals surface area (Å²) in [6, 6.07) is 5.74. The maximum absolute atomic E-state index is 11.8. The van der Waals surface area contributed by atoms with E-state index in [4.69, 9.17) is 0 Å². The summed E-state index contributed by atoms with van der Waals surface area (Å²) in [6.45, 7) is 4.44. The number of nitrogens with zero attached hydrogens (tertiary/aromatic N) is 3. The highest BCUT2D eigenvalue weighted by Crippen LogP contribution is 2.31. The first kappa shape index (κ1) is 18.3. The highest BCUT2D eigenvalue weighted by molar-refractivity contribution is 6.01. The van der Waals surface area contributed by atoms with Gasteiger partial charge in [-0.25, -0.2) is 0 Å². The molecule has 2 N–H and O–H groups in total. The molecule has 2 amide bonds. The average Bonchev–Trinajstić information content (AvgIpc) is 3.01. The van der Waals surface area contributed by atoms with Gasteiger partial charge < -0.3 is 10.6 Å². The Balaban J connectivity index is 1.40. The van der Waals surface area contributed by atoms with Gasteiger partial charge in [0, 0.05) is 39.1 Å². The zero-order valence-corrected chi connectivity index (χ0v) is 16.0. The van der Waals surface area contributed by atoms with Crippen molar-refractivity contribution in [2.24, 2.45) is 0 Å². The van der Waals surface area contributed by atoms with E-state index < -0.39 is 0 Å². The molecule has 1 atom stereocenters. The van der Waals surface area contributed by atoms with Crippen LogP contribution in [0.15, 0.2) is 36.7 Å². The molecule has 0 bridgehead atoms. The normalized spacial score (nSPS) is 19.0. The largest absolute Gasteiger partial charge is 0.354 e. The average molecular weight is 377 g/mol. The fourth-order valence-electron chi connectivity index (χ4n) is 3.64. The first-order valence-corrected chi connectivity index (χ1v) is 9.44. The second-order valence-corrected chi connectivity index (χ2v) is 7.21. The van der Waals surface area contributed by atoms with Gasteiger partial charge in [0.05, 0.1) is 17.3 Å².